The summed E-state index contributed by atoms with van der Waals surface area (Å²) in [5, 5.41) is 0. The minimum Gasteiger partial charge on any atom is -0.478 e. The number of benzene rings is 3. The second kappa shape index (κ2) is 10.5. The monoisotopic (exact) mass is 519 g/mol. The van der Waals surface area contributed by atoms with E-state index in [0.717, 1.165) is 14.7 Å². The summed E-state index contributed by atoms with van der Waals surface area (Å²) in [4.78, 5) is 3.14. The smallest absolute Gasteiger partial charge is 0.287 e. The summed E-state index contributed by atoms with van der Waals surface area (Å²) in [5.74, 6) is -3.68. The average Bonchev–Trinajstić information content (AvgIpc) is 2.77. The van der Waals surface area contributed by atoms with Crippen LogP contribution in [0.3, 0.4) is 0 Å². The van der Waals surface area contributed by atoms with E-state index in [4.69, 9.17) is 4.74 Å². The molecule has 0 bridgehead atoms. The highest BCUT2D eigenvalue weighted by molar-refractivity contribution is 7.97. The van der Waals surface area contributed by atoms with Gasteiger partial charge in [0.05, 0.1) is 10.9 Å². The van der Waals surface area contributed by atoms with Crippen LogP contribution in [0.15, 0.2) is 87.5 Å². The summed E-state index contributed by atoms with van der Waals surface area (Å²) >= 11 is 0. The molecule has 1 atom stereocenters. The van der Waals surface area contributed by atoms with E-state index in [1.165, 1.54) is 23.3 Å². The predicted molar refractivity (Wildman–Crippen MR) is 140 cm³/mol. The van der Waals surface area contributed by atoms with Gasteiger partial charge in [0.2, 0.25) is 6.10 Å². The summed E-state index contributed by atoms with van der Waals surface area (Å²) in [6.07, 6.45) is -5.81. The van der Waals surface area contributed by atoms with E-state index in [-0.39, 0.29) is 16.6 Å². The second-order valence-corrected chi connectivity index (χ2v) is 13.2. The van der Waals surface area contributed by atoms with Crippen molar-refractivity contribution in [1.82, 2.24) is 0 Å². The number of halogens is 4. The number of hydrogen-bond acceptors (Lipinski definition) is 1. The van der Waals surface area contributed by atoms with E-state index in [9.17, 15) is 17.6 Å². The third-order valence-corrected chi connectivity index (χ3v) is 8.19. The molecule has 0 fully saturated rings. The van der Waals surface area contributed by atoms with Crippen molar-refractivity contribution in [3.05, 3.63) is 83.9 Å². The highest BCUT2D eigenvalue weighted by Gasteiger charge is 2.43. The number of rotatable bonds is 7. The van der Waals surface area contributed by atoms with E-state index in [0.29, 0.717) is 6.92 Å². The first-order valence-electron chi connectivity index (χ1n) is 12.0. The summed E-state index contributed by atoms with van der Waals surface area (Å²) in [5.41, 5.74) is 2.49. The maximum Gasteiger partial charge on any atom is 0.287 e. The third-order valence-electron chi connectivity index (χ3n) is 5.96. The van der Waals surface area contributed by atoms with Crippen molar-refractivity contribution in [3.63, 3.8) is 0 Å². The van der Waals surface area contributed by atoms with E-state index in [2.05, 4.69) is 90.1 Å². The van der Waals surface area contributed by atoms with Gasteiger partial charge in [-0.2, -0.15) is 0 Å². The van der Waals surface area contributed by atoms with Crippen molar-refractivity contribution < 1.29 is 22.3 Å². The maximum atomic E-state index is 13.6. The highest BCUT2D eigenvalue weighted by Crippen LogP contribution is 2.36. The van der Waals surface area contributed by atoms with Gasteiger partial charge in [-0.25, -0.2) is 17.6 Å². The number of alkyl halides is 4. The molecular weight excluding hydrogens is 484 g/mol. The fraction of sp³-hybridized carbons (Fsp3) is 0.400. The molecule has 1 unspecified atom stereocenters. The molecule has 0 radical (unpaired) electrons. The van der Waals surface area contributed by atoms with Crippen molar-refractivity contribution in [3.8, 4) is 5.75 Å². The SMILES string of the molecule is CC(C)(C)c1ccc([S+](c2ccc(OC(C(F)F)C(C)(F)F)cc2)c2ccc(C(C)(C)C)cc2)cc1. The van der Waals surface area contributed by atoms with Gasteiger partial charge in [0.15, 0.2) is 14.7 Å². The number of hydrogen-bond donors (Lipinski definition) is 0. The molecule has 36 heavy (non-hydrogen) atoms. The predicted octanol–water partition coefficient (Wildman–Crippen LogP) is 9.04. The van der Waals surface area contributed by atoms with Gasteiger partial charge >= 0.3 is 0 Å². The Kier molecular flexibility index (Phi) is 8.19. The van der Waals surface area contributed by atoms with Crippen LogP contribution in [0, 0.1) is 0 Å². The van der Waals surface area contributed by atoms with Crippen LogP contribution in [0.5, 0.6) is 5.75 Å². The third kappa shape index (κ3) is 6.84. The van der Waals surface area contributed by atoms with Crippen LogP contribution in [0.1, 0.15) is 59.6 Å². The van der Waals surface area contributed by atoms with Crippen LogP contribution < -0.4 is 4.74 Å². The van der Waals surface area contributed by atoms with Gasteiger partial charge in [-0.15, -0.1) is 0 Å². The number of ether oxygens (including phenoxy) is 1. The first kappa shape index (κ1) is 28.1. The van der Waals surface area contributed by atoms with Crippen LogP contribution >= 0.6 is 0 Å². The van der Waals surface area contributed by atoms with Gasteiger partial charge in [-0.3, -0.25) is 0 Å². The summed E-state index contributed by atoms with van der Waals surface area (Å²) in [7, 11) is -0.483. The zero-order chi connectivity index (χ0) is 26.9. The Hall–Kier alpha value is -2.47. The quantitative estimate of drug-likeness (QED) is 0.223. The largest absolute Gasteiger partial charge is 0.478 e. The Balaban J connectivity index is 2.01. The molecule has 0 aromatic heterocycles. The zero-order valence-corrected chi connectivity index (χ0v) is 22.7. The molecule has 0 saturated heterocycles. The molecule has 0 aliphatic rings. The van der Waals surface area contributed by atoms with Gasteiger partial charge in [0.25, 0.3) is 12.3 Å². The fourth-order valence-electron chi connectivity index (χ4n) is 3.77. The Morgan fingerprint density at radius 1 is 0.583 bits per heavy atom. The van der Waals surface area contributed by atoms with Gasteiger partial charge in [-0.1, -0.05) is 65.8 Å². The molecule has 0 saturated carbocycles. The van der Waals surface area contributed by atoms with Crippen molar-refractivity contribution in [2.24, 2.45) is 0 Å². The molecule has 1 nitrogen and oxygen atoms in total. The van der Waals surface area contributed by atoms with Gasteiger partial charge in [0.1, 0.15) is 5.75 Å². The van der Waals surface area contributed by atoms with Crippen LogP contribution in [0.4, 0.5) is 17.6 Å². The maximum absolute atomic E-state index is 13.6. The molecule has 194 valence electrons. The molecule has 0 N–H and O–H groups in total. The Morgan fingerprint density at radius 2 is 0.917 bits per heavy atom. The topological polar surface area (TPSA) is 9.23 Å². The van der Waals surface area contributed by atoms with Gasteiger partial charge < -0.3 is 4.74 Å². The Bertz CT molecular complexity index is 1060. The molecule has 3 aromatic carbocycles. The molecule has 3 rings (SSSR count). The molecule has 0 amide bonds. The lowest BCUT2D eigenvalue weighted by atomic mass is 9.87. The summed E-state index contributed by atoms with van der Waals surface area (Å²) in [6, 6.07) is 23.5. The standard InChI is InChI=1S/C30H35F4OS/c1-28(2,3)20-8-14-23(15-9-20)36(24-16-10-21(11-17-24)29(4,5)6)25-18-12-22(13-19-25)35-26(27(31)32)30(7,33)34/h8-19,26-27H,1-7H3/q+1. The molecule has 0 aliphatic heterocycles. The Morgan fingerprint density at radius 3 is 1.19 bits per heavy atom. The van der Waals surface area contributed by atoms with Crippen molar-refractivity contribution in [1.29, 1.82) is 0 Å². The summed E-state index contributed by atoms with van der Waals surface area (Å²) < 4.78 is 58.5. The lowest BCUT2D eigenvalue weighted by Crippen LogP contribution is -2.41. The molecular formula is C30H35F4OS+. The van der Waals surface area contributed by atoms with E-state index >= 15 is 0 Å². The molecule has 0 heterocycles. The van der Waals surface area contributed by atoms with Crippen LogP contribution in [-0.4, -0.2) is 18.5 Å². The molecule has 6 heteroatoms. The van der Waals surface area contributed by atoms with Crippen LogP contribution in [0.2, 0.25) is 0 Å². The van der Waals surface area contributed by atoms with Crippen LogP contribution in [0.25, 0.3) is 0 Å². The zero-order valence-electron chi connectivity index (χ0n) is 21.9. The minimum absolute atomic E-state index is 0.0136. The van der Waals surface area contributed by atoms with E-state index in [1.807, 2.05) is 0 Å². The van der Waals surface area contributed by atoms with Crippen LogP contribution in [-0.2, 0) is 21.7 Å². The van der Waals surface area contributed by atoms with E-state index < -0.39 is 29.3 Å². The van der Waals surface area contributed by atoms with E-state index in [1.54, 1.807) is 12.1 Å². The van der Waals surface area contributed by atoms with Crippen molar-refractivity contribution in [2.75, 3.05) is 0 Å². The molecule has 0 aliphatic carbocycles. The van der Waals surface area contributed by atoms with Crippen molar-refractivity contribution in [2.45, 2.75) is 92.4 Å². The van der Waals surface area contributed by atoms with Gasteiger partial charge in [0, 0.05) is 6.92 Å². The first-order chi connectivity index (χ1) is 16.6. The first-order valence-corrected chi connectivity index (χ1v) is 13.2. The fourth-order valence-corrected chi connectivity index (χ4v) is 5.81. The minimum atomic E-state index is -3.67. The molecule has 0 spiro atoms. The lowest BCUT2D eigenvalue weighted by Gasteiger charge is -2.24. The second-order valence-electron chi connectivity index (χ2n) is 11.2. The van der Waals surface area contributed by atoms with Gasteiger partial charge in [-0.05, 0) is 70.5 Å². The molecule has 3 aromatic rings. The highest BCUT2D eigenvalue weighted by atomic mass is 32.2. The van der Waals surface area contributed by atoms with Crippen molar-refractivity contribution >= 4 is 10.9 Å². The average molecular weight is 520 g/mol. The summed E-state index contributed by atoms with van der Waals surface area (Å²) in [6.45, 7) is 13.4. The lowest BCUT2D eigenvalue weighted by molar-refractivity contribution is -0.138. The normalized spacial score (nSPS) is 13.8. The Labute approximate surface area is 215 Å².